The number of benzene rings is 2. The monoisotopic (exact) mass is 303 g/mol. The van der Waals surface area contributed by atoms with E-state index in [9.17, 15) is 17.6 Å². The quantitative estimate of drug-likeness (QED) is 0.662. The molecule has 0 saturated carbocycles. The molecule has 0 amide bonds. The maximum Gasteiger partial charge on any atom is 0.161 e. The van der Waals surface area contributed by atoms with Gasteiger partial charge in [-0.05, 0) is 24.7 Å². The number of hydrogen-bond donors (Lipinski definition) is 1. The second kappa shape index (κ2) is 5.81. The molecule has 1 unspecified atom stereocenters. The summed E-state index contributed by atoms with van der Waals surface area (Å²) in [7, 11) is 1.48. The third kappa shape index (κ3) is 2.64. The van der Waals surface area contributed by atoms with Gasteiger partial charge in [-0.3, -0.25) is 0 Å². The molecule has 0 radical (unpaired) electrons. The van der Waals surface area contributed by atoms with E-state index in [1.165, 1.54) is 19.2 Å². The van der Waals surface area contributed by atoms with Crippen molar-refractivity contribution >= 4 is 11.6 Å². The average molecular weight is 304 g/mol. The third-order valence-electron chi connectivity index (χ3n) is 2.93. The van der Waals surface area contributed by atoms with Gasteiger partial charge in [0.2, 0.25) is 0 Å². The Morgan fingerprint density at radius 2 is 1.55 bits per heavy atom. The van der Waals surface area contributed by atoms with Gasteiger partial charge in [0, 0.05) is 11.6 Å². The predicted molar refractivity (Wildman–Crippen MR) is 68.6 cm³/mol. The molecule has 2 rings (SSSR count). The van der Waals surface area contributed by atoms with Crippen molar-refractivity contribution in [2.75, 3.05) is 7.05 Å². The van der Waals surface area contributed by atoms with Crippen molar-refractivity contribution in [3.8, 4) is 0 Å². The lowest BCUT2D eigenvalue weighted by atomic mass is 9.98. The average Bonchev–Trinajstić information content (AvgIpc) is 2.41. The van der Waals surface area contributed by atoms with Gasteiger partial charge in [0.15, 0.2) is 11.6 Å². The first-order valence-electron chi connectivity index (χ1n) is 5.71. The molecule has 0 bridgehead atoms. The first-order valence-corrected chi connectivity index (χ1v) is 6.09. The number of hydrogen-bond acceptors (Lipinski definition) is 1. The van der Waals surface area contributed by atoms with Crippen molar-refractivity contribution in [1.29, 1.82) is 0 Å². The van der Waals surface area contributed by atoms with E-state index in [1.807, 2.05) is 0 Å². The summed E-state index contributed by atoms with van der Waals surface area (Å²) in [5.74, 6) is -4.09. The van der Waals surface area contributed by atoms with Crippen molar-refractivity contribution < 1.29 is 17.6 Å². The van der Waals surface area contributed by atoms with Crippen LogP contribution < -0.4 is 5.32 Å². The van der Waals surface area contributed by atoms with E-state index in [0.717, 1.165) is 12.1 Å². The molecular weight excluding hydrogens is 294 g/mol. The smallest absolute Gasteiger partial charge is 0.161 e. The Balaban J connectivity index is 2.58. The van der Waals surface area contributed by atoms with Gasteiger partial charge in [-0.15, -0.1) is 0 Å². The molecule has 1 atom stereocenters. The van der Waals surface area contributed by atoms with Gasteiger partial charge in [-0.25, -0.2) is 17.6 Å². The van der Waals surface area contributed by atoms with Gasteiger partial charge in [-0.1, -0.05) is 23.7 Å². The molecule has 0 aliphatic rings. The van der Waals surface area contributed by atoms with E-state index >= 15 is 0 Å². The Morgan fingerprint density at radius 1 is 0.900 bits per heavy atom. The lowest BCUT2D eigenvalue weighted by Gasteiger charge is -2.19. The SMILES string of the molecule is CNC(c1cc(F)c(F)cc1F)c1cccc(F)c1Cl. The zero-order valence-corrected chi connectivity index (χ0v) is 11.1. The normalized spacial score (nSPS) is 12.5. The molecule has 0 saturated heterocycles. The van der Waals surface area contributed by atoms with Crippen LogP contribution >= 0.6 is 11.6 Å². The van der Waals surface area contributed by atoms with Gasteiger partial charge in [0.25, 0.3) is 0 Å². The van der Waals surface area contributed by atoms with Gasteiger partial charge in [-0.2, -0.15) is 0 Å². The van der Waals surface area contributed by atoms with Crippen molar-refractivity contribution in [2.24, 2.45) is 0 Å². The predicted octanol–water partition coefficient (Wildman–Crippen LogP) is 4.21. The Labute approximate surface area is 118 Å². The second-order valence-electron chi connectivity index (χ2n) is 4.15. The Morgan fingerprint density at radius 3 is 2.20 bits per heavy atom. The first-order chi connectivity index (χ1) is 9.45. The van der Waals surface area contributed by atoms with Crippen LogP contribution in [0.15, 0.2) is 30.3 Å². The van der Waals surface area contributed by atoms with Crippen LogP contribution in [-0.2, 0) is 0 Å². The fourth-order valence-electron chi connectivity index (χ4n) is 1.98. The summed E-state index contributed by atoms with van der Waals surface area (Å²) in [4.78, 5) is 0. The Hall–Kier alpha value is -1.59. The second-order valence-corrected chi connectivity index (χ2v) is 4.53. The van der Waals surface area contributed by atoms with Crippen molar-refractivity contribution in [3.05, 3.63) is 69.8 Å². The molecule has 0 aliphatic heterocycles. The Bertz CT molecular complexity index is 645. The highest BCUT2D eigenvalue weighted by atomic mass is 35.5. The van der Waals surface area contributed by atoms with Crippen LogP contribution in [0.25, 0.3) is 0 Å². The summed E-state index contributed by atoms with van der Waals surface area (Å²) >= 11 is 5.83. The van der Waals surface area contributed by atoms with Crippen LogP contribution in [0.2, 0.25) is 5.02 Å². The van der Waals surface area contributed by atoms with Crippen molar-refractivity contribution in [1.82, 2.24) is 5.32 Å². The fraction of sp³-hybridized carbons (Fsp3) is 0.143. The molecular formula is C14H10ClF4N. The standard InChI is InChI=1S/C14H10ClF4N/c1-20-14(7-3-2-4-9(16)13(7)15)8-5-11(18)12(19)6-10(8)17/h2-6,14,20H,1H3. The fourth-order valence-corrected chi connectivity index (χ4v) is 2.22. The lowest BCUT2D eigenvalue weighted by molar-refractivity contribution is 0.483. The molecule has 106 valence electrons. The summed E-state index contributed by atoms with van der Waals surface area (Å²) in [6.45, 7) is 0. The topological polar surface area (TPSA) is 12.0 Å². The van der Waals surface area contributed by atoms with E-state index in [-0.39, 0.29) is 16.1 Å². The van der Waals surface area contributed by atoms with Crippen molar-refractivity contribution in [2.45, 2.75) is 6.04 Å². The van der Waals surface area contributed by atoms with E-state index < -0.39 is 29.3 Å². The molecule has 20 heavy (non-hydrogen) atoms. The van der Waals surface area contributed by atoms with Gasteiger partial charge < -0.3 is 5.32 Å². The number of nitrogens with one attached hydrogen (secondary N) is 1. The largest absolute Gasteiger partial charge is 0.309 e. The zero-order chi connectivity index (χ0) is 14.9. The molecule has 6 heteroatoms. The van der Waals surface area contributed by atoms with Gasteiger partial charge >= 0.3 is 0 Å². The minimum Gasteiger partial charge on any atom is -0.309 e. The highest BCUT2D eigenvalue weighted by Gasteiger charge is 2.22. The molecule has 0 fully saturated rings. The molecule has 1 nitrogen and oxygen atoms in total. The maximum atomic E-state index is 13.8. The van der Waals surface area contributed by atoms with Crippen molar-refractivity contribution in [3.63, 3.8) is 0 Å². The van der Waals surface area contributed by atoms with E-state index in [2.05, 4.69) is 5.32 Å². The Kier molecular flexibility index (Phi) is 4.30. The molecule has 0 aromatic heterocycles. The van der Waals surface area contributed by atoms with Crippen LogP contribution in [0.3, 0.4) is 0 Å². The van der Waals surface area contributed by atoms with Gasteiger partial charge in [0.1, 0.15) is 11.6 Å². The number of rotatable bonds is 3. The third-order valence-corrected chi connectivity index (χ3v) is 3.33. The van der Waals surface area contributed by atoms with Crippen LogP contribution in [0.4, 0.5) is 17.6 Å². The van der Waals surface area contributed by atoms with Crippen LogP contribution in [0.1, 0.15) is 17.2 Å². The summed E-state index contributed by atoms with van der Waals surface area (Å²) in [6.07, 6.45) is 0. The van der Waals surface area contributed by atoms with Crippen LogP contribution in [0, 0.1) is 23.3 Å². The summed E-state index contributed by atoms with van der Waals surface area (Å²) < 4.78 is 53.5. The molecule has 2 aromatic carbocycles. The zero-order valence-electron chi connectivity index (χ0n) is 10.4. The van der Waals surface area contributed by atoms with E-state index in [0.29, 0.717) is 6.07 Å². The summed E-state index contributed by atoms with van der Waals surface area (Å²) in [5, 5.41) is 2.51. The molecule has 0 aliphatic carbocycles. The molecule has 2 aromatic rings. The summed E-state index contributed by atoms with van der Waals surface area (Å²) in [6, 6.07) is 4.31. The molecule has 0 heterocycles. The molecule has 1 N–H and O–H groups in total. The highest BCUT2D eigenvalue weighted by molar-refractivity contribution is 6.31. The minimum atomic E-state index is -1.29. The first kappa shape index (κ1) is 14.8. The maximum absolute atomic E-state index is 13.8. The number of halogens is 5. The highest BCUT2D eigenvalue weighted by Crippen LogP contribution is 2.31. The minimum absolute atomic E-state index is 0.154. The van der Waals surface area contributed by atoms with Gasteiger partial charge in [0.05, 0.1) is 11.1 Å². The molecule has 0 spiro atoms. The summed E-state index contributed by atoms with van der Waals surface area (Å²) in [5.41, 5.74) is 0.0815. The lowest BCUT2D eigenvalue weighted by Crippen LogP contribution is -2.20. The van der Waals surface area contributed by atoms with Crippen LogP contribution in [-0.4, -0.2) is 7.05 Å². The van der Waals surface area contributed by atoms with E-state index in [1.54, 1.807) is 0 Å². The van der Waals surface area contributed by atoms with Crippen LogP contribution in [0.5, 0.6) is 0 Å². The van der Waals surface area contributed by atoms with E-state index in [4.69, 9.17) is 11.6 Å².